The number of ketones is 2. The van der Waals surface area contributed by atoms with Crippen molar-refractivity contribution in [2.24, 2.45) is 11.8 Å². The molecule has 2 amide bonds. The molecule has 0 radical (unpaired) electrons. The van der Waals surface area contributed by atoms with E-state index in [1.54, 1.807) is 6.07 Å². The average molecular weight is 301 g/mol. The van der Waals surface area contributed by atoms with Crippen LogP contribution in [0.5, 0.6) is 11.5 Å². The molecule has 1 saturated heterocycles. The molecule has 0 spiro atoms. The second-order valence-corrected chi connectivity index (χ2v) is 5.49. The quantitative estimate of drug-likeness (QED) is 0.598. The molecular formula is C15H11NO6. The zero-order valence-corrected chi connectivity index (χ0v) is 11.4. The van der Waals surface area contributed by atoms with Crippen LogP contribution in [0.2, 0.25) is 0 Å². The number of imide groups is 1. The Hall–Kier alpha value is -2.70. The third-order valence-electron chi connectivity index (χ3n) is 4.30. The molecule has 1 N–H and O–H groups in total. The zero-order chi connectivity index (χ0) is 15.4. The highest BCUT2D eigenvalue weighted by atomic mass is 16.7. The summed E-state index contributed by atoms with van der Waals surface area (Å²) in [6.07, 6.45) is 0.321. The number of amides is 2. The predicted molar refractivity (Wildman–Crippen MR) is 70.6 cm³/mol. The van der Waals surface area contributed by atoms with Gasteiger partial charge in [0.05, 0.1) is 17.4 Å². The molecule has 2 aliphatic heterocycles. The van der Waals surface area contributed by atoms with Gasteiger partial charge >= 0.3 is 0 Å². The molecule has 0 aromatic heterocycles. The molecular weight excluding hydrogens is 290 g/mol. The molecule has 22 heavy (non-hydrogen) atoms. The van der Waals surface area contributed by atoms with E-state index in [0.29, 0.717) is 5.75 Å². The first-order valence-corrected chi connectivity index (χ1v) is 6.92. The minimum absolute atomic E-state index is 0.00363. The second-order valence-electron chi connectivity index (χ2n) is 5.49. The largest absolute Gasteiger partial charge is 0.454 e. The summed E-state index contributed by atoms with van der Waals surface area (Å²) in [5.74, 6) is -2.99. The van der Waals surface area contributed by atoms with Gasteiger partial charge in [0.1, 0.15) is 0 Å². The van der Waals surface area contributed by atoms with Gasteiger partial charge in [0.15, 0.2) is 23.1 Å². The molecule has 3 aliphatic rings. The minimum Gasteiger partial charge on any atom is -0.454 e. The standard InChI is InChI=1S/C15H11NO6/c17-9-4-2-7(15(20)16-9)10-12(18)6-1-3-8-14(22-5-21-8)11(6)13(10)19/h1,3,7,10H,2,4-5H2,(H,16,17,20). The minimum atomic E-state index is -1.08. The van der Waals surface area contributed by atoms with E-state index in [4.69, 9.17) is 9.47 Å². The van der Waals surface area contributed by atoms with E-state index in [0.717, 1.165) is 0 Å². The lowest BCUT2D eigenvalue weighted by Gasteiger charge is -2.24. The molecule has 1 fully saturated rings. The van der Waals surface area contributed by atoms with Crippen molar-refractivity contribution in [2.75, 3.05) is 6.79 Å². The molecule has 112 valence electrons. The summed E-state index contributed by atoms with van der Waals surface area (Å²) in [6.45, 7) is -0.00363. The SMILES string of the molecule is O=C1CCC(C2C(=O)c3ccc4c(c3C2=O)OCO4)C(=O)N1. The maximum absolute atomic E-state index is 12.7. The van der Waals surface area contributed by atoms with Crippen LogP contribution in [0.3, 0.4) is 0 Å². The maximum atomic E-state index is 12.7. The van der Waals surface area contributed by atoms with Crippen LogP contribution >= 0.6 is 0 Å². The predicted octanol–water partition coefficient (Wildman–Crippen LogP) is 0.463. The number of Topliss-reactive ketones (excluding diaryl/α,β-unsaturated/α-hetero) is 2. The Morgan fingerprint density at radius 3 is 2.64 bits per heavy atom. The fraction of sp³-hybridized carbons (Fsp3) is 0.333. The van der Waals surface area contributed by atoms with E-state index >= 15 is 0 Å². The van der Waals surface area contributed by atoms with Crippen LogP contribution in [-0.2, 0) is 9.59 Å². The van der Waals surface area contributed by atoms with Gasteiger partial charge in [0.2, 0.25) is 18.6 Å². The summed E-state index contributed by atoms with van der Waals surface area (Å²) in [6, 6.07) is 3.11. The first kappa shape index (κ1) is 13.0. The van der Waals surface area contributed by atoms with Crippen LogP contribution < -0.4 is 14.8 Å². The van der Waals surface area contributed by atoms with Crippen LogP contribution in [0.25, 0.3) is 0 Å². The molecule has 4 rings (SSSR count). The Kier molecular flexibility index (Phi) is 2.60. The van der Waals surface area contributed by atoms with Crippen LogP contribution in [0.4, 0.5) is 0 Å². The lowest BCUT2D eigenvalue weighted by Crippen LogP contribution is -2.46. The highest BCUT2D eigenvalue weighted by Gasteiger charge is 2.49. The highest BCUT2D eigenvalue weighted by Crippen LogP contribution is 2.45. The number of nitrogens with one attached hydrogen (secondary N) is 1. The van der Waals surface area contributed by atoms with Crippen molar-refractivity contribution in [2.45, 2.75) is 12.8 Å². The van der Waals surface area contributed by atoms with E-state index < -0.39 is 29.3 Å². The Balaban J connectivity index is 1.76. The number of piperidine rings is 1. The summed E-state index contributed by atoms with van der Waals surface area (Å²) < 4.78 is 10.5. The summed E-state index contributed by atoms with van der Waals surface area (Å²) >= 11 is 0. The lowest BCUT2D eigenvalue weighted by atomic mass is 9.82. The molecule has 2 heterocycles. The van der Waals surface area contributed by atoms with Crippen molar-refractivity contribution >= 4 is 23.4 Å². The van der Waals surface area contributed by atoms with Gasteiger partial charge in [-0.3, -0.25) is 24.5 Å². The number of hydrogen-bond donors (Lipinski definition) is 1. The molecule has 1 aromatic rings. The fourth-order valence-electron chi connectivity index (χ4n) is 3.26. The topological polar surface area (TPSA) is 98.8 Å². The van der Waals surface area contributed by atoms with E-state index in [2.05, 4.69) is 5.32 Å². The lowest BCUT2D eigenvalue weighted by molar-refractivity contribution is -0.137. The number of fused-ring (bicyclic) bond motifs is 3. The Bertz CT molecular complexity index is 753. The number of ether oxygens (including phenoxy) is 2. The van der Waals surface area contributed by atoms with Crippen molar-refractivity contribution in [1.82, 2.24) is 5.32 Å². The Labute approximate surface area is 124 Å². The van der Waals surface area contributed by atoms with Crippen LogP contribution in [0, 0.1) is 11.8 Å². The molecule has 0 saturated carbocycles. The van der Waals surface area contributed by atoms with Gasteiger partial charge in [-0.25, -0.2) is 0 Å². The number of carbonyl (C=O) groups excluding carboxylic acids is 4. The average Bonchev–Trinajstić information content (AvgIpc) is 3.04. The van der Waals surface area contributed by atoms with E-state index in [-0.39, 0.29) is 42.4 Å². The van der Waals surface area contributed by atoms with Gasteiger partial charge < -0.3 is 9.47 Å². The normalized spacial score (nSPS) is 26.2. The van der Waals surface area contributed by atoms with E-state index in [1.165, 1.54) is 6.07 Å². The number of benzene rings is 1. The molecule has 7 nitrogen and oxygen atoms in total. The van der Waals surface area contributed by atoms with Crippen LogP contribution in [0.15, 0.2) is 12.1 Å². The van der Waals surface area contributed by atoms with Crippen LogP contribution in [0.1, 0.15) is 33.6 Å². The molecule has 0 bridgehead atoms. The summed E-state index contributed by atoms with van der Waals surface area (Å²) in [7, 11) is 0. The van der Waals surface area contributed by atoms with E-state index in [9.17, 15) is 19.2 Å². The highest BCUT2D eigenvalue weighted by molar-refractivity contribution is 6.29. The van der Waals surface area contributed by atoms with Gasteiger partial charge in [-0.2, -0.15) is 0 Å². The molecule has 2 unspecified atom stereocenters. The smallest absolute Gasteiger partial charge is 0.231 e. The number of hydrogen-bond acceptors (Lipinski definition) is 6. The van der Waals surface area contributed by atoms with Crippen molar-refractivity contribution in [3.63, 3.8) is 0 Å². The zero-order valence-electron chi connectivity index (χ0n) is 11.4. The Morgan fingerprint density at radius 2 is 1.86 bits per heavy atom. The molecule has 2 atom stereocenters. The summed E-state index contributed by atoms with van der Waals surface area (Å²) in [5, 5.41) is 2.19. The summed E-state index contributed by atoms with van der Waals surface area (Å²) in [4.78, 5) is 48.4. The number of rotatable bonds is 1. The van der Waals surface area contributed by atoms with Crippen LogP contribution in [-0.4, -0.2) is 30.2 Å². The second kappa shape index (κ2) is 4.40. The van der Waals surface area contributed by atoms with Crippen molar-refractivity contribution in [1.29, 1.82) is 0 Å². The maximum Gasteiger partial charge on any atom is 0.231 e. The van der Waals surface area contributed by atoms with Gasteiger partial charge in [-0.05, 0) is 18.6 Å². The van der Waals surface area contributed by atoms with Crippen molar-refractivity contribution < 1.29 is 28.7 Å². The van der Waals surface area contributed by atoms with Gasteiger partial charge in [-0.1, -0.05) is 0 Å². The number of carbonyl (C=O) groups is 4. The van der Waals surface area contributed by atoms with Crippen molar-refractivity contribution in [3.8, 4) is 11.5 Å². The first-order chi connectivity index (χ1) is 10.6. The Morgan fingerprint density at radius 1 is 1.05 bits per heavy atom. The third-order valence-corrected chi connectivity index (χ3v) is 4.30. The molecule has 1 aliphatic carbocycles. The van der Waals surface area contributed by atoms with Gasteiger partial charge in [0, 0.05) is 12.0 Å². The molecule has 1 aromatic carbocycles. The first-order valence-electron chi connectivity index (χ1n) is 6.92. The summed E-state index contributed by atoms with van der Waals surface area (Å²) in [5.41, 5.74) is 0.443. The van der Waals surface area contributed by atoms with Gasteiger partial charge in [0.25, 0.3) is 0 Å². The fourth-order valence-corrected chi connectivity index (χ4v) is 3.26. The van der Waals surface area contributed by atoms with Gasteiger partial charge in [-0.15, -0.1) is 0 Å². The molecule has 7 heteroatoms. The monoisotopic (exact) mass is 301 g/mol. The van der Waals surface area contributed by atoms with Crippen molar-refractivity contribution in [3.05, 3.63) is 23.3 Å². The van der Waals surface area contributed by atoms with E-state index in [1.807, 2.05) is 0 Å². The third kappa shape index (κ3) is 1.62.